The third-order valence-corrected chi connectivity index (χ3v) is 4.04. The third-order valence-electron chi connectivity index (χ3n) is 4.04. The van der Waals surface area contributed by atoms with E-state index in [1.165, 1.54) is 4.90 Å². The topological polar surface area (TPSA) is 59.8 Å². The van der Waals surface area contributed by atoms with Gasteiger partial charge in [0.2, 0.25) is 5.91 Å². The highest BCUT2D eigenvalue weighted by Crippen LogP contribution is 2.34. The van der Waals surface area contributed by atoms with Crippen molar-refractivity contribution < 1.29 is 19.2 Å². The van der Waals surface area contributed by atoms with Crippen molar-refractivity contribution in [3.8, 4) is 5.75 Å². The first-order valence-electron chi connectivity index (χ1n) is 9.11. The molecule has 0 aliphatic rings. The molecule has 140 valence electrons. The number of ether oxygens (including phenoxy) is 1. The molecule has 0 unspecified atom stereocenters. The van der Waals surface area contributed by atoms with Crippen LogP contribution in [-0.2, 0) is 9.59 Å². The zero-order valence-corrected chi connectivity index (χ0v) is 16.4. The van der Waals surface area contributed by atoms with Gasteiger partial charge < -0.3 is 15.0 Å². The molecule has 0 radical (unpaired) electrons. The minimum absolute atomic E-state index is 0.0879. The van der Waals surface area contributed by atoms with Gasteiger partial charge in [-0.3, -0.25) is 9.59 Å². The van der Waals surface area contributed by atoms with E-state index < -0.39 is 0 Å². The third kappa shape index (κ3) is 7.26. The molecule has 0 bridgehead atoms. The van der Waals surface area contributed by atoms with Gasteiger partial charge in [0.05, 0.1) is 33.6 Å². The van der Waals surface area contributed by atoms with E-state index in [1.807, 2.05) is 32.3 Å². The average Bonchev–Trinajstić information content (AvgIpc) is 2.52. The van der Waals surface area contributed by atoms with Gasteiger partial charge in [-0.05, 0) is 23.0 Å². The first kappa shape index (κ1) is 21.2. The fourth-order valence-corrected chi connectivity index (χ4v) is 2.52. The number of likely N-dealkylation sites (N-methyl/N-ethyl adjacent to an activating group) is 1. The monoisotopic (exact) mass is 349 g/mol. The zero-order valence-electron chi connectivity index (χ0n) is 16.4. The molecule has 25 heavy (non-hydrogen) atoms. The maximum absolute atomic E-state index is 12.2. The van der Waals surface area contributed by atoms with Crippen LogP contribution in [0.3, 0.4) is 0 Å². The Hall–Kier alpha value is -1.88. The van der Waals surface area contributed by atoms with E-state index in [-0.39, 0.29) is 36.6 Å². The summed E-state index contributed by atoms with van der Waals surface area (Å²) in [6.45, 7) is 9.79. The Morgan fingerprint density at radius 3 is 2.08 bits per heavy atom. The lowest BCUT2D eigenvalue weighted by Gasteiger charge is -2.18. The number of rotatable bonds is 9. The van der Waals surface area contributed by atoms with Crippen LogP contribution in [0.5, 0.6) is 5.75 Å². The standard InChI is InChI=1S/C20H32N2O3/c1-14(2)16-8-7-9-17(15(3)4)20(16)25-19(24)11-10-18(23)21-12-13-22(5)6/h7-9,14-15H,10-13H2,1-6H3,(H,21,23)/p+1. The summed E-state index contributed by atoms with van der Waals surface area (Å²) in [4.78, 5) is 25.3. The number of carbonyl (C=O) groups excluding carboxylic acids is 2. The molecular weight excluding hydrogens is 316 g/mol. The molecule has 1 amide bonds. The van der Waals surface area contributed by atoms with E-state index in [0.717, 1.165) is 17.7 Å². The van der Waals surface area contributed by atoms with Gasteiger partial charge in [0.1, 0.15) is 5.75 Å². The van der Waals surface area contributed by atoms with E-state index in [9.17, 15) is 9.59 Å². The van der Waals surface area contributed by atoms with Crippen molar-refractivity contribution in [2.24, 2.45) is 0 Å². The number of para-hydroxylation sites is 1. The number of esters is 1. The van der Waals surface area contributed by atoms with Crippen LogP contribution >= 0.6 is 0 Å². The average molecular weight is 349 g/mol. The van der Waals surface area contributed by atoms with Crippen molar-refractivity contribution in [1.29, 1.82) is 0 Å². The van der Waals surface area contributed by atoms with Crippen LogP contribution < -0.4 is 15.0 Å². The molecule has 0 fully saturated rings. The molecular formula is C20H33N2O3+. The van der Waals surface area contributed by atoms with Crippen LogP contribution in [0.1, 0.15) is 63.5 Å². The molecule has 0 aliphatic carbocycles. The Balaban J connectivity index is 2.66. The van der Waals surface area contributed by atoms with E-state index in [2.05, 4.69) is 33.0 Å². The van der Waals surface area contributed by atoms with Gasteiger partial charge in [-0.15, -0.1) is 0 Å². The van der Waals surface area contributed by atoms with Crippen molar-refractivity contribution in [3.05, 3.63) is 29.3 Å². The molecule has 1 aromatic carbocycles. The van der Waals surface area contributed by atoms with Gasteiger partial charge in [0, 0.05) is 6.42 Å². The molecule has 0 spiro atoms. The molecule has 0 heterocycles. The van der Waals surface area contributed by atoms with Gasteiger partial charge >= 0.3 is 5.97 Å². The van der Waals surface area contributed by atoms with Gasteiger partial charge in [-0.1, -0.05) is 45.9 Å². The number of carbonyl (C=O) groups is 2. The number of nitrogens with one attached hydrogen (secondary N) is 2. The first-order valence-corrected chi connectivity index (χ1v) is 9.11. The molecule has 5 nitrogen and oxygen atoms in total. The van der Waals surface area contributed by atoms with E-state index in [1.54, 1.807) is 0 Å². The first-order chi connectivity index (χ1) is 11.7. The Labute approximate surface area is 151 Å². The predicted molar refractivity (Wildman–Crippen MR) is 100 cm³/mol. The van der Waals surface area contributed by atoms with Crippen molar-refractivity contribution in [2.45, 2.75) is 52.4 Å². The number of benzene rings is 1. The van der Waals surface area contributed by atoms with Crippen molar-refractivity contribution >= 4 is 11.9 Å². The van der Waals surface area contributed by atoms with E-state index in [0.29, 0.717) is 12.3 Å². The lowest BCUT2D eigenvalue weighted by atomic mass is 9.94. The quantitative estimate of drug-likeness (QED) is 0.529. The fraction of sp³-hybridized carbons (Fsp3) is 0.600. The molecule has 0 saturated carbocycles. The summed E-state index contributed by atoms with van der Waals surface area (Å²) < 4.78 is 5.67. The molecule has 1 rings (SSSR count). The summed E-state index contributed by atoms with van der Waals surface area (Å²) in [5.41, 5.74) is 2.05. The number of hydrogen-bond acceptors (Lipinski definition) is 3. The molecule has 0 aliphatic heterocycles. The minimum Gasteiger partial charge on any atom is -0.426 e. The lowest BCUT2D eigenvalue weighted by Crippen LogP contribution is -3.06. The van der Waals surface area contributed by atoms with Crippen LogP contribution in [0, 0.1) is 0 Å². The summed E-state index contributed by atoms with van der Waals surface area (Å²) in [5, 5.41) is 2.82. The van der Waals surface area contributed by atoms with Crippen molar-refractivity contribution in [2.75, 3.05) is 27.2 Å². The highest BCUT2D eigenvalue weighted by molar-refractivity contribution is 5.82. The van der Waals surface area contributed by atoms with Gasteiger partial charge in [-0.25, -0.2) is 0 Å². The molecule has 0 atom stereocenters. The van der Waals surface area contributed by atoms with Crippen LogP contribution in [0.4, 0.5) is 0 Å². The van der Waals surface area contributed by atoms with E-state index in [4.69, 9.17) is 4.74 Å². The van der Waals surface area contributed by atoms with Crippen molar-refractivity contribution in [3.63, 3.8) is 0 Å². The maximum atomic E-state index is 12.2. The number of amides is 1. The second-order valence-corrected chi connectivity index (χ2v) is 7.36. The molecule has 0 saturated heterocycles. The Morgan fingerprint density at radius 1 is 1.04 bits per heavy atom. The Morgan fingerprint density at radius 2 is 1.60 bits per heavy atom. The Kier molecular flexibility index (Phi) is 8.62. The van der Waals surface area contributed by atoms with Crippen LogP contribution in [0.2, 0.25) is 0 Å². The lowest BCUT2D eigenvalue weighted by molar-refractivity contribution is -0.856. The smallest absolute Gasteiger partial charge is 0.311 e. The van der Waals surface area contributed by atoms with Gasteiger partial charge in [0.25, 0.3) is 0 Å². The highest BCUT2D eigenvalue weighted by atomic mass is 16.5. The summed E-state index contributed by atoms with van der Waals surface area (Å²) in [6, 6.07) is 5.99. The van der Waals surface area contributed by atoms with Gasteiger partial charge in [0.15, 0.2) is 0 Å². The van der Waals surface area contributed by atoms with Crippen LogP contribution in [0.25, 0.3) is 0 Å². The second-order valence-electron chi connectivity index (χ2n) is 7.36. The molecule has 1 aromatic rings. The largest absolute Gasteiger partial charge is 0.426 e. The second kappa shape index (κ2) is 10.2. The molecule has 5 heteroatoms. The maximum Gasteiger partial charge on any atom is 0.311 e. The van der Waals surface area contributed by atoms with Crippen LogP contribution in [0.15, 0.2) is 18.2 Å². The van der Waals surface area contributed by atoms with Gasteiger partial charge in [-0.2, -0.15) is 0 Å². The normalized spacial score (nSPS) is 11.2. The highest BCUT2D eigenvalue weighted by Gasteiger charge is 2.18. The summed E-state index contributed by atoms with van der Waals surface area (Å²) >= 11 is 0. The fourth-order valence-electron chi connectivity index (χ4n) is 2.52. The summed E-state index contributed by atoms with van der Waals surface area (Å²) in [7, 11) is 4.06. The predicted octanol–water partition coefficient (Wildman–Crippen LogP) is 1.88. The van der Waals surface area contributed by atoms with E-state index >= 15 is 0 Å². The zero-order chi connectivity index (χ0) is 19.0. The molecule has 2 N–H and O–H groups in total. The van der Waals surface area contributed by atoms with Crippen molar-refractivity contribution in [1.82, 2.24) is 5.32 Å². The molecule has 0 aromatic heterocycles. The number of quaternary nitrogens is 1. The number of hydrogen-bond donors (Lipinski definition) is 2. The Bertz CT molecular complexity index is 554. The summed E-state index contributed by atoms with van der Waals surface area (Å²) in [5.74, 6) is 0.716. The minimum atomic E-state index is -0.358. The SMILES string of the molecule is CC(C)c1cccc(C(C)C)c1OC(=O)CCC(=O)NCC[NH+](C)C. The van der Waals surface area contributed by atoms with Crippen LogP contribution in [-0.4, -0.2) is 39.1 Å². The summed E-state index contributed by atoms with van der Waals surface area (Å²) in [6.07, 6.45) is 0.243.